The van der Waals surface area contributed by atoms with Crippen LogP contribution < -0.4 is 44.3 Å². The van der Waals surface area contributed by atoms with E-state index in [1.54, 1.807) is 12.1 Å². The number of carbonyl (C=O) groups is 1. The Morgan fingerprint density at radius 3 is 2.42 bits per heavy atom. The topological polar surface area (TPSA) is 121 Å². The summed E-state index contributed by atoms with van der Waals surface area (Å²) in [5.74, 6) is 0.0537. The van der Waals surface area contributed by atoms with E-state index in [1.807, 2.05) is 42.5 Å². The first-order chi connectivity index (χ1) is 15.5. The molecule has 3 rings (SSSR count). The molecule has 0 radical (unpaired) electrons. The van der Waals surface area contributed by atoms with E-state index in [1.165, 1.54) is 18.3 Å². The number of hydrogen-bond donors (Lipinski definition) is 4. The van der Waals surface area contributed by atoms with Crippen molar-refractivity contribution >= 4 is 5.97 Å². The summed E-state index contributed by atoms with van der Waals surface area (Å²) in [6.07, 6.45) is 1.28. The maximum atomic E-state index is 11.3. The summed E-state index contributed by atoms with van der Waals surface area (Å²) in [5.41, 5.74) is 0.925. The van der Waals surface area contributed by atoms with Gasteiger partial charge in [-0.1, -0.05) is 30.3 Å². The SMILES string of the molecule is O=C(O)c1cccnc1Oc1ccc(C[C@@H](CO)NC[C@H](O)COc2ccccc2)cc1.[H-].[Na+]. The second kappa shape index (κ2) is 13.9. The van der Waals surface area contributed by atoms with Crippen molar-refractivity contribution in [2.75, 3.05) is 19.8 Å². The van der Waals surface area contributed by atoms with Crippen molar-refractivity contribution < 1.29 is 60.6 Å². The monoisotopic (exact) mass is 462 g/mol. The van der Waals surface area contributed by atoms with Gasteiger partial charge in [-0.15, -0.1) is 0 Å². The smallest absolute Gasteiger partial charge is 1.00 e. The van der Waals surface area contributed by atoms with Gasteiger partial charge >= 0.3 is 35.5 Å². The van der Waals surface area contributed by atoms with Crippen molar-refractivity contribution in [3.05, 3.63) is 84.1 Å². The predicted molar refractivity (Wildman–Crippen MR) is 119 cm³/mol. The molecule has 2 atom stereocenters. The molecule has 1 aromatic heterocycles. The van der Waals surface area contributed by atoms with E-state index in [4.69, 9.17) is 9.47 Å². The van der Waals surface area contributed by atoms with Crippen molar-refractivity contribution in [1.82, 2.24) is 10.3 Å². The first kappa shape index (κ1) is 26.8. The molecule has 3 aromatic rings. The van der Waals surface area contributed by atoms with Crippen LogP contribution >= 0.6 is 0 Å². The number of hydrogen-bond acceptors (Lipinski definition) is 7. The molecule has 0 aliphatic rings. The van der Waals surface area contributed by atoms with Gasteiger partial charge in [-0.05, 0) is 48.4 Å². The van der Waals surface area contributed by atoms with Gasteiger partial charge in [0.25, 0.3) is 0 Å². The normalized spacial score (nSPS) is 12.3. The molecule has 0 spiro atoms. The molecular weight excluding hydrogens is 435 g/mol. The maximum Gasteiger partial charge on any atom is 1.00 e. The third kappa shape index (κ3) is 8.77. The largest absolute Gasteiger partial charge is 1.00 e. The summed E-state index contributed by atoms with van der Waals surface area (Å²) >= 11 is 0. The number of rotatable bonds is 12. The molecular formula is C24H27N2NaO6. The average Bonchev–Trinajstić information content (AvgIpc) is 2.82. The Balaban J connectivity index is 0.00000289. The molecule has 0 amide bonds. The van der Waals surface area contributed by atoms with Gasteiger partial charge in [0.2, 0.25) is 5.88 Å². The maximum absolute atomic E-state index is 11.3. The van der Waals surface area contributed by atoms with E-state index in [9.17, 15) is 20.1 Å². The number of carboxylic acid groups (broad SMARTS) is 1. The summed E-state index contributed by atoms with van der Waals surface area (Å²) in [6.45, 7) is 0.324. The first-order valence-electron chi connectivity index (χ1n) is 10.2. The molecule has 0 bridgehead atoms. The quantitative estimate of drug-likeness (QED) is 0.269. The number of nitrogens with one attached hydrogen (secondary N) is 1. The van der Waals surface area contributed by atoms with Gasteiger partial charge in [0.15, 0.2) is 0 Å². The fourth-order valence-corrected chi connectivity index (χ4v) is 3.00. The Hall–Kier alpha value is -2.46. The molecule has 0 saturated carbocycles. The molecule has 9 heteroatoms. The van der Waals surface area contributed by atoms with Crippen LogP contribution in [0.3, 0.4) is 0 Å². The van der Waals surface area contributed by atoms with Crippen LogP contribution in [-0.4, -0.2) is 58.2 Å². The summed E-state index contributed by atoms with van der Waals surface area (Å²) in [5, 5.41) is 32.2. The molecule has 4 N–H and O–H groups in total. The van der Waals surface area contributed by atoms with Gasteiger partial charge in [0.1, 0.15) is 29.8 Å². The molecule has 2 aromatic carbocycles. The summed E-state index contributed by atoms with van der Waals surface area (Å²) in [4.78, 5) is 15.2. The van der Waals surface area contributed by atoms with Crippen LogP contribution in [-0.2, 0) is 6.42 Å². The van der Waals surface area contributed by atoms with Gasteiger partial charge in [-0.2, -0.15) is 0 Å². The second-order valence-electron chi connectivity index (χ2n) is 7.18. The van der Waals surface area contributed by atoms with Gasteiger partial charge in [0, 0.05) is 18.8 Å². The number of aromatic nitrogens is 1. The van der Waals surface area contributed by atoms with Gasteiger partial charge < -0.3 is 31.5 Å². The summed E-state index contributed by atoms with van der Waals surface area (Å²) in [7, 11) is 0. The van der Waals surface area contributed by atoms with Crippen LogP contribution in [0.25, 0.3) is 0 Å². The molecule has 1 heterocycles. The minimum Gasteiger partial charge on any atom is -1.00 e. The van der Waals surface area contributed by atoms with Crippen LogP contribution in [0.5, 0.6) is 17.4 Å². The third-order valence-electron chi connectivity index (χ3n) is 4.67. The van der Waals surface area contributed by atoms with Crippen LogP contribution in [0.1, 0.15) is 17.3 Å². The Kier molecular flexibility index (Phi) is 11.3. The predicted octanol–water partition coefficient (Wildman–Crippen LogP) is -0.378. The number of ether oxygens (including phenoxy) is 2. The molecule has 0 unspecified atom stereocenters. The molecule has 0 aliphatic heterocycles. The van der Waals surface area contributed by atoms with E-state index < -0.39 is 12.1 Å². The molecule has 33 heavy (non-hydrogen) atoms. The van der Waals surface area contributed by atoms with Gasteiger partial charge in [-0.25, -0.2) is 9.78 Å². The number of aromatic carboxylic acids is 1. The number of aliphatic hydroxyl groups is 2. The van der Waals surface area contributed by atoms with Gasteiger partial charge in [0.05, 0.1) is 6.61 Å². The molecule has 170 valence electrons. The van der Waals surface area contributed by atoms with Crippen LogP contribution in [0.2, 0.25) is 0 Å². The van der Waals surface area contributed by atoms with E-state index in [0.717, 1.165) is 5.56 Å². The Bertz CT molecular complexity index is 994. The molecule has 8 nitrogen and oxygen atoms in total. The van der Waals surface area contributed by atoms with E-state index >= 15 is 0 Å². The number of benzene rings is 2. The third-order valence-corrected chi connectivity index (χ3v) is 4.67. The zero-order valence-corrected chi connectivity index (χ0v) is 20.4. The van der Waals surface area contributed by atoms with Crippen molar-refractivity contribution in [1.29, 1.82) is 0 Å². The zero-order chi connectivity index (χ0) is 22.8. The second-order valence-corrected chi connectivity index (χ2v) is 7.18. The van der Waals surface area contributed by atoms with Crippen LogP contribution in [0.4, 0.5) is 0 Å². The molecule has 0 aliphatic carbocycles. The van der Waals surface area contributed by atoms with E-state index in [0.29, 0.717) is 17.9 Å². The zero-order valence-electron chi connectivity index (χ0n) is 19.4. The van der Waals surface area contributed by atoms with E-state index in [2.05, 4.69) is 10.3 Å². The van der Waals surface area contributed by atoms with Crippen LogP contribution in [0.15, 0.2) is 72.9 Å². The fraction of sp³-hybridized carbons (Fsp3) is 0.250. The number of para-hydroxylation sites is 1. The number of aliphatic hydroxyl groups excluding tert-OH is 2. The minimum absolute atomic E-state index is 0. The number of carboxylic acids is 1. The van der Waals surface area contributed by atoms with E-state index in [-0.39, 0.29) is 68.2 Å². The molecule has 0 fully saturated rings. The standard InChI is InChI=1S/C24H26N2O6.Na.H/c27-15-18(26-14-19(28)16-31-20-5-2-1-3-6-20)13-17-8-10-21(11-9-17)32-23-22(24(29)30)7-4-12-25-23;;/h1-12,18-19,26-28H,13-16H2,(H,29,30);;/q;+1;-1/t18-,19-;;/m0../s1. The minimum atomic E-state index is -1.11. The van der Waals surface area contributed by atoms with Crippen LogP contribution in [0, 0.1) is 0 Å². The Morgan fingerprint density at radius 2 is 1.76 bits per heavy atom. The summed E-state index contributed by atoms with van der Waals surface area (Å²) < 4.78 is 11.1. The van der Waals surface area contributed by atoms with Crippen molar-refractivity contribution in [3.8, 4) is 17.4 Å². The fourth-order valence-electron chi connectivity index (χ4n) is 3.00. The van der Waals surface area contributed by atoms with Crippen molar-refractivity contribution in [2.24, 2.45) is 0 Å². The Morgan fingerprint density at radius 1 is 1.03 bits per heavy atom. The number of pyridine rings is 1. The number of nitrogens with zero attached hydrogens (tertiary/aromatic N) is 1. The summed E-state index contributed by atoms with van der Waals surface area (Å²) in [6, 6.07) is 19.1. The van der Waals surface area contributed by atoms with Crippen molar-refractivity contribution in [3.63, 3.8) is 0 Å². The van der Waals surface area contributed by atoms with Crippen molar-refractivity contribution in [2.45, 2.75) is 18.6 Å². The molecule has 0 saturated heterocycles. The Labute approximate surface area is 216 Å². The first-order valence-corrected chi connectivity index (χ1v) is 10.2. The van der Waals surface area contributed by atoms with Gasteiger partial charge in [-0.3, -0.25) is 0 Å². The average molecular weight is 462 g/mol.